The smallest absolute Gasteiger partial charge is 0.307 e. The first-order chi connectivity index (χ1) is 8.73. The average molecular weight is 314 g/mol. The van der Waals surface area contributed by atoms with Crippen molar-refractivity contribution in [2.45, 2.75) is 44.9 Å². The Bertz CT molecular complexity index is 421. The lowest BCUT2D eigenvalue weighted by Gasteiger charge is -2.24. The molecule has 2 unspecified atom stereocenters. The monoisotopic (exact) mass is 313 g/mol. The van der Waals surface area contributed by atoms with E-state index in [9.17, 15) is 13.2 Å². The Morgan fingerprint density at radius 1 is 1.26 bits per heavy atom. The molecule has 1 nitrogen and oxygen atoms in total. The first kappa shape index (κ1) is 16.6. The second kappa shape index (κ2) is 6.82. The molecule has 1 N–H and O–H groups in total. The summed E-state index contributed by atoms with van der Waals surface area (Å²) in [6.07, 6.45) is -4.40. The Balaban J connectivity index is 2.78. The Morgan fingerprint density at radius 2 is 1.89 bits per heavy atom. The summed E-state index contributed by atoms with van der Waals surface area (Å²) in [6.45, 7) is 3.41. The molecule has 0 amide bonds. The van der Waals surface area contributed by atoms with Crippen molar-refractivity contribution in [1.82, 2.24) is 5.32 Å². The third kappa shape index (κ3) is 5.59. The molecule has 108 valence electrons. The topological polar surface area (TPSA) is 12.0 Å². The number of rotatable bonds is 5. The maximum absolute atomic E-state index is 12.3. The Kier molecular flexibility index (Phi) is 5.96. The fourth-order valence-corrected chi connectivity index (χ4v) is 2.50. The van der Waals surface area contributed by atoms with Crippen molar-refractivity contribution >= 4 is 23.2 Å². The lowest BCUT2D eigenvalue weighted by atomic mass is 10.0. The van der Waals surface area contributed by atoms with Gasteiger partial charge in [0.25, 0.3) is 0 Å². The van der Waals surface area contributed by atoms with Gasteiger partial charge in [0, 0.05) is 22.1 Å². The Hall–Kier alpha value is -0.450. The number of hydrogen-bond donors (Lipinski definition) is 1. The predicted molar refractivity (Wildman–Crippen MR) is 72.8 cm³/mol. The molecule has 0 aliphatic heterocycles. The summed E-state index contributed by atoms with van der Waals surface area (Å²) >= 11 is 11.9. The quantitative estimate of drug-likeness (QED) is 0.770. The van der Waals surface area contributed by atoms with Crippen LogP contribution in [0.2, 0.25) is 10.0 Å². The van der Waals surface area contributed by atoms with Crippen LogP contribution >= 0.6 is 23.2 Å². The van der Waals surface area contributed by atoms with Crippen molar-refractivity contribution < 1.29 is 13.2 Å². The van der Waals surface area contributed by atoms with Gasteiger partial charge in [-0.3, -0.25) is 0 Å². The third-order valence-electron chi connectivity index (χ3n) is 2.77. The molecule has 0 bridgehead atoms. The summed E-state index contributed by atoms with van der Waals surface area (Å²) in [6, 6.07) is 4.13. The molecule has 0 aliphatic carbocycles. The van der Waals surface area contributed by atoms with Crippen molar-refractivity contribution in [1.29, 1.82) is 0 Å². The van der Waals surface area contributed by atoms with E-state index in [1.54, 1.807) is 18.2 Å². The van der Waals surface area contributed by atoms with Crippen LogP contribution in [0.25, 0.3) is 0 Å². The molecule has 1 aromatic rings. The lowest BCUT2D eigenvalue weighted by molar-refractivity contribution is -0.139. The highest BCUT2D eigenvalue weighted by Crippen LogP contribution is 2.29. The summed E-state index contributed by atoms with van der Waals surface area (Å²) < 4.78 is 36.9. The number of hydrogen-bond acceptors (Lipinski definition) is 1. The third-order valence-corrected chi connectivity index (χ3v) is 3.33. The van der Waals surface area contributed by atoms with Crippen LogP contribution in [0.4, 0.5) is 13.2 Å². The molecule has 0 heterocycles. The maximum atomic E-state index is 12.3. The van der Waals surface area contributed by atoms with Crippen LogP contribution in [-0.2, 0) is 0 Å². The van der Waals surface area contributed by atoms with Crippen molar-refractivity contribution in [3.63, 3.8) is 0 Å². The predicted octanol–water partition coefficient (Wildman–Crippen LogP) is 5.38. The minimum atomic E-state index is -4.17. The molecule has 2 atom stereocenters. The van der Waals surface area contributed by atoms with E-state index < -0.39 is 18.6 Å². The van der Waals surface area contributed by atoms with Crippen LogP contribution in [-0.4, -0.2) is 12.2 Å². The molecule has 19 heavy (non-hydrogen) atoms. The van der Waals surface area contributed by atoms with Gasteiger partial charge in [-0.05, 0) is 31.0 Å². The second-order valence-corrected chi connectivity index (χ2v) is 5.36. The van der Waals surface area contributed by atoms with Crippen LogP contribution in [0.15, 0.2) is 18.2 Å². The molecule has 0 saturated heterocycles. The van der Waals surface area contributed by atoms with Crippen LogP contribution in [0, 0.1) is 0 Å². The molecule has 0 aliphatic rings. The highest BCUT2D eigenvalue weighted by Gasteiger charge is 2.30. The van der Waals surface area contributed by atoms with Gasteiger partial charge in [0.05, 0.1) is 6.42 Å². The zero-order valence-electron chi connectivity index (χ0n) is 10.7. The highest BCUT2D eigenvalue weighted by molar-refractivity contribution is 6.35. The first-order valence-corrected chi connectivity index (χ1v) is 6.76. The molecule has 0 radical (unpaired) electrons. The van der Waals surface area contributed by atoms with E-state index in [0.29, 0.717) is 16.5 Å². The fraction of sp³-hybridized carbons (Fsp3) is 0.538. The molecule has 6 heteroatoms. The molecular weight excluding hydrogens is 298 g/mol. The van der Waals surface area contributed by atoms with Gasteiger partial charge in [0.1, 0.15) is 0 Å². The maximum Gasteiger partial charge on any atom is 0.390 e. The fourth-order valence-electron chi connectivity index (χ4n) is 1.96. The van der Waals surface area contributed by atoms with E-state index in [1.807, 2.05) is 6.92 Å². The van der Waals surface area contributed by atoms with Gasteiger partial charge >= 0.3 is 6.18 Å². The first-order valence-electron chi connectivity index (χ1n) is 6.00. The molecule has 1 aromatic carbocycles. The van der Waals surface area contributed by atoms with E-state index in [2.05, 4.69) is 5.32 Å². The number of halogens is 5. The van der Waals surface area contributed by atoms with Crippen molar-refractivity contribution in [2.75, 3.05) is 0 Å². The Morgan fingerprint density at radius 3 is 2.37 bits per heavy atom. The van der Waals surface area contributed by atoms with E-state index in [4.69, 9.17) is 23.2 Å². The molecule has 0 saturated carbocycles. The van der Waals surface area contributed by atoms with E-state index in [1.165, 1.54) is 6.92 Å². The van der Waals surface area contributed by atoms with Gasteiger partial charge in [-0.2, -0.15) is 13.2 Å². The van der Waals surface area contributed by atoms with Gasteiger partial charge in [-0.15, -0.1) is 0 Å². The standard InChI is InChI=1S/C13H16Cl2F3N/c1-3-12(19-8(2)7-13(16,17)18)10-5-4-9(14)6-11(10)15/h4-6,8,12,19H,3,7H2,1-2H3. The largest absolute Gasteiger partial charge is 0.390 e. The van der Waals surface area contributed by atoms with Gasteiger partial charge in [0.15, 0.2) is 0 Å². The second-order valence-electron chi connectivity index (χ2n) is 4.51. The van der Waals surface area contributed by atoms with Gasteiger partial charge in [-0.25, -0.2) is 0 Å². The van der Waals surface area contributed by atoms with Gasteiger partial charge in [0.2, 0.25) is 0 Å². The zero-order chi connectivity index (χ0) is 14.6. The number of benzene rings is 1. The average Bonchev–Trinajstić information content (AvgIpc) is 2.24. The lowest BCUT2D eigenvalue weighted by Crippen LogP contribution is -2.34. The van der Waals surface area contributed by atoms with Crippen LogP contribution in [0.5, 0.6) is 0 Å². The zero-order valence-corrected chi connectivity index (χ0v) is 12.2. The van der Waals surface area contributed by atoms with Crippen LogP contribution in [0.3, 0.4) is 0 Å². The summed E-state index contributed by atoms with van der Waals surface area (Å²) in [7, 11) is 0. The normalized spacial score (nSPS) is 15.3. The van der Waals surface area contributed by atoms with E-state index >= 15 is 0 Å². The molecular formula is C13H16Cl2F3N. The van der Waals surface area contributed by atoms with E-state index in [-0.39, 0.29) is 6.04 Å². The summed E-state index contributed by atoms with van der Waals surface area (Å²) in [4.78, 5) is 0. The minimum Gasteiger partial charge on any atom is -0.307 e. The Labute approximate surface area is 121 Å². The molecule has 0 aromatic heterocycles. The molecule has 0 fully saturated rings. The summed E-state index contributed by atoms with van der Waals surface area (Å²) in [5.41, 5.74) is 0.766. The molecule has 1 rings (SSSR count). The number of nitrogens with one attached hydrogen (secondary N) is 1. The minimum absolute atomic E-state index is 0.220. The van der Waals surface area contributed by atoms with Crippen LogP contribution < -0.4 is 5.32 Å². The van der Waals surface area contributed by atoms with E-state index in [0.717, 1.165) is 5.56 Å². The van der Waals surface area contributed by atoms with Gasteiger partial charge < -0.3 is 5.32 Å². The molecule has 0 spiro atoms. The summed E-state index contributed by atoms with van der Waals surface area (Å²) in [5, 5.41) is 3.92. The van der Waals surface area contributed by atoms with Crippen LogP contribution in [0.1, 0.15) is 38.3 Å². The highest BCUT2D eigenvalue weighted by atomic mass is 35.5. The van der Waals surface area contributed by atoms with Crippen molar-refractivity contribution in [3.8, 4) is 0 Å². The SMILES string of the molecule is CCC(NC(C)CC(F)(F)F)c1ccc(Cl)cc1Cl. The van der Waals surface area contributed by atoms with Crippen molar-refractivity contribution in [3.05, 3.63) is 33.8 Å². The summed E-state index contributed by atoms with van der Waals surface area (Å²) in [5.74, 6) is 0. The van der Waals surface area contributed by atoms with Crippen molar-refractivity contribution in [2.24, 2.45) is 0 Å². The van der Waals surface area contributed by atoms with Gasteiger partial charge in [-0.1, -0.05) is 36.2 Å². The number of alkyl halides is 3.